The Hall–Kier alpha value is -3.74. The number of benzene rings is 2. The van der Waals surface area contributed by atoms with Gasteiger partial charge in [-0.1, -0.05) is 11.8 Å². The van der Waals surface area contributed by atoms with Crippen molar-refractivity contribution in [3.8, 4) is 17.6 Å². The normalized spacial score (nSPS) is 10.4. The van der Waals surface area contributed by atoms with E-state index in [-0.39, 0.29) is 11.3 Å². The van der Waals surface area contributed by atoms with Crippen LogP contribution < -0.4 is 10.1 Å². The summed E-state index contributed by atoms with van der Waals surface area (Å²) in [6, 6.07) is 8.40. The van der Waals surface area contributed by atoms with Gasteiger partial charge in [-0.3, -0.25) is 15.4 Å². The molecule has 2 aromatic rings. The molecular weight excluding hydrogens is 357 g/mol. The van der Waals surface area contributed by atoms with Gasteiger partial charge in [-0.2, -0.15) is 0 Å². The van der Waals surface area contributed by atoms with Crippen molar-refractivity contribution in [1.82, 2.24) is 0 Å². The van der Waals surface area contributed by atoms with E-state index >= 15 is 0 Å². The molecule has 10 heteroatoms. The molecule has 0 saturated carbocycles. The van der Waals surface area contributed by atoms with Crippen molar-refractivity contribution in [2.24, 2.45) is 0 Å². The summed E-state index contributed by atoms with van der Waals surface area (Å²) in [6.07, 6.45) is -6.24. The summed E-state index contributed by atoms with van der Waals surface area (Å²) in [5, 5.41) is 21.5. The van der Waals surface area contributed by atoms with Gasteiger partial charge in [0.05, 0.1) is 4.92 Å². The smallest absolute Gasteiger partial charge is 0.465 e. The third kappa shape index (κ3) is 5.41. The van der Waals surface area contributed by atoms with Gasteiger partial charge in [0.15, 0.2) is 0 Å². The molecule has 0 radical (unpaired) electrons. The first kappa shape index (κ1) is 18.6. The second-order valence-electron chi connectivity index (χ2n) is 4.74. The number of carbonyl (C=O) groups is 1. The van der Waals surface area contributed by atoms with Crippen LogP contribution in [0.1, 0.15) is 11.1 Å². The van der Waals surface area contributed by atoms with Crippen LogP contribution in [-0.4, -0.2) is 22.5 Å². The van der Waals surface area contributed by atoms with Gasteiger partial charge in [0.25, 0.3) is 5.69 Å². The fourth-order valence-corrected chi connectivity index (χ4v) is 1.87. The van der Waals surface area contributed by atoms with E-state index in [1.807, 2.05) is 5.32 Å². The topological polar surface area (TPSA) is 102 Å². The molecule has 0 saturated heterocycles. The van der Waals surface area contributed by atoms with Crippen LogP contribution in [0.15, 0.2) is 42.5 Å². The number of ether oxygens (including phenoxy) is 1. The highest BCUT2D eigenvalue weighted by Crippen LogP contribution is 2.25. The molecule has 0 bridgehead atoms. The largest absolute Gasteiger partial charge is 0.573 e. The van der Waals surface area contributed by atoms with Crippen LogP contribution in [0.4, 0.5) is 29.3 Å². The van der Waals surface area contributed by atoms with Crippen LogP contribution in [0.3, 0.4) is 0 Å². The quantitative estimate of drug-likeness (QED) is 0.486. The van der Waals surface area contributed by atoms with Crippen molar-refractivity contribution in [2.45, 2.75) is 6.36 Å². The minimum atomic E-state index is -4.79. The Balaban J connectivity index is 2.22. The van der Waals surface area contributed by atoms with Gasteiger partial charge in [0.1, 0.15) is 11.4 Å². The minimum Gasteiger partial charge on any atom is -0.465 e. The number of anilines is 1. The van der Waals surface area contributed by atoms with Gasteiger partial charge in [-0.15, -0.1) is 13.2 Å². The summed E-state index contributed by atoms with van der Waals surface area (Å²) in [5.41, 5.74) is -0.104. The van der Waals surface area contributed by atoms with E-state index in [9.17, 15) is 28.1 Å². The number of hydrogen-bond acceptors (Lipinski definition) is 4. The Labute approximate surface area is 144 Å². The molecule has 0 aliphatic rings. The standard InChI is InChI=1S/C16H9F3N2O5/c17-16(18,19)26-12-6-3-10(4-7-12)1-2-11-5-8-13(20-15(22)23)14(9-11)21(24)25/h3-9,20H,(H,22,23). The Morgan fingerprint density at radius 2 is 1.69 bits per heavy atom. The van der Waals surface area contributed by atoms with Gasteiger partial charge >= 0.3 is 12.5 Å². The fourth-order valence-electron chi connectivity index (χ4n) is 1.87. The molecule has 26 heavy (non-hydrogen) atoms. The lowest BCUT2D eigenvalue weighted by atomic mass is 10.1. The Morgan fingerprint density at radius 1 is 1.12 bits per heavy atom. The molecule has 0 aromatic heterocycles. The molecule has 134 valence electrons. The van der Waals surface area contributed by atoms with Gasteiger partial charge in [0.2, 0.25) is 0 Å². The lowest BCUT2D eigenvalue weighted by molar-refractivity contribution is -0.383. The third-order valence-electron chi connectivity index (χ3n) is 2.88. The maximum Gasteiger partial charge on any atom is 0.573 e. The molecule has 2 N–H and O–H groups in total. The number of hydrogen-bond donors (Lipinski definition) is 2. The Kier molecular flexibility index (Phi) is 5.32. The number of carboxylic acid groups (broad SMARTS) is 1. The van der Waals surface area contributed by atoms with Gasteiger partial charge in [-0.05, 0) is 36.4 Å². The van der Waals surface area contributed by atoms with E-state index in [0.717, 1.165) is 18.2 Å². The molecular formula is C16H9F3N2O5. The van der Waals surface area contributed by atoms with Gasteiger partial charge < -0.3 is 9.84 Å². The van der Waals surface area contributed by atoms with E-state index in [1.54, 1.807) is 0 Å². The van der Waals surface area contributed by atoms with Gasteiger partial charge in [0, 0.05) is 17.2 Å². The maximum atomic E-state index is 12.1. The zero-order valence-electron chi connectivity index (χ0n) is 12.7. The van der Waals surface area contributed by atoms with Crippen molar-refractivity contribution < 1.29 is 32.7 Å². The Bertz CT molecular complexity index is 899. The van der Waals surface area contributed by atoms with Crippen molar-refractivity contribution in [3.05, 3.63) is 63.7 Å². The number of alkyl halides is 3. The molecule has 2 aromatic carbocycles. The van der Waals surface area contributed by atoms with E-state index in [2.05, 4.69) is 16.6 Å². The second-order valence-corrected chi connectivity index (χ2v) is 4.74. The van der Waals surface area contributed by atoms with Crippen LogP contribution in [-0.2, 0) is 0 Å². The highest BCUT2D eigenvalue weighted by molar-refractivity contribution is 5.86. The first-order valence-electron chi connectivity index (χ1n) is 6.80. The number of nitro groups is 1. The number of halogens is 3. The third-order valence-corrected chi connectivity index (χ3v) is 2.88. The first-order valence-corrected chi connectivity index (χ1v) is 6.80. The van der Waals surface area contributed by atoms with Crippen LogP contribution >= 0.6 is 0 Å². The van der Waals surface area contributed by atoms with Crippen molar-refractivity contribution >= 4 is 17.5 Å². The fraction of sp³-hybridized carbons (Fsp3) is 0.0625. The van der Waals surface area contributed by atoms with Crippen molar-refractivity contribution in [2.75, 3.05) is 5.32 Å². The van der Waals surface area contributed by atoms with Crippen LogP contribution in [0.2, 0.25) is 0 Å². The summed E-state index contributed by atoms with van der Waals surface area (Å²) in [6.45, 7) is 0. The minimum absolute atomic E-state index is 0.207. The second kappa shape index (κ2) is 7.43. The van der Waals surface area contributed by atoms with Crippen molar-refractivity contribution in [3.63, 3.8) is 0 Å². The number of nitro benzene ring substituents is 1. The lowest BCUT2D eigenvalue weighted by Crippen LogP contribution is -2.16. The molecule has 7 nitrogen and oxygen atoms in total. The molecule has 0 heterocycles. The summed E-state index contributed by atoms with van der Waals surface area (Å²) >= 11 is 0. The number of nitrogens with one attached hydrogen (secondary N) is 1. The number of nitrogens with zero attached hydrogens (tertiary/aromatic N) is 1. The zero-order valence-corrected chi connectivity index (χ0v) is 12.7. The zero-order chi connectivity index (χ0) is 19.3. The summed E-state index contributed by atoms with van der Waals surface area (Å²) in [4.78, 5) is 20.8. The molecule has 0 spiro atoms. The Morgan fingerprint density at radius 3 is 2.23 bits per heavy atom. The van der Waals surface area contributed by atoms with E-state index in [4.69, 9.17) is 5.11 Å². The SMILES string of the molecule is O=C(O)Nc1ccc(C#Cc2ccc(OC(F)(F)F)cc2)cc1[N+](=O)[O-]. The molecule has 0 fully saturated rings. The van der Waals surface area contributed by atoms with Crippen LogP contribution in [0.25, 0.3) is 0 Å². The molecule has 0 unspecified atom stereocenters. The van der Waals surface area contributed by atoms with E-state index < -0.39 is 28.8 Å². The van der Waals surface area contributed by atoms with E-state index in [1.165, 1.54) is 24.3 Å². The monoisotopic (exact) mass is 366 g/mol. The number of rotatable bonds is 3. The molecule has 0 atom stereocenters. The average molecular weight is 366 g/mol. The lowest BCUT2D eigenvalue weighted by Gasteiger charge is -2.07. The first-order chi connectivity index (χ1) is 12.1. The molecule has 2 rings (SSSR count). The highest BCUT2D eigenvalue weighted by atomic mass is 19.4. The van der Waals surface area contributed by atoms with Crippen LogP contribution in [0.5, 0.6) is 5.75 Å². The average Bonchev–Trinajstić information content (AvgIpc) is 2.53. The summed E-state index contributed by atoms with van der Waals surface area (Å²) < 4.78 is 40.0. The predicted molar refractivity (Wildman–Crippen MR) is 83.8 cm³/mol. The van der Waals surface area contributed by atoms with Crippen molar-refractivity contribution in [1.29, 1.82) is 0 Å². The molecule has 0 aliphatic heterocycles. The number of amides is 1. The van der Waals surface area contributed by atoms with Gasteiger partial charge in [-0.25, -0.2) is 4.79 Å². The summed E-state index contributed by atoms with van der Waals surface area (Å²) in [5.74, 6) is 4.84. The molecule has 1 amide bonds. The predicted octanol–water partition coefficient (Wildman–Crippen LogP) is 3.98. The highest BCUT2D eigenvalue weighted by Gasteiger charge is 2.30. The summed E-state index contributed by atoms with van der Waals surface area (Å²) in [7, 11) is 0. The molecule has 0 aliphatic carbocycles. The van der Waals surface area contributed by atoms with E-state index in [0.29, 0.717) is 5.56 Å². The van der Waals surface area contributed by atoms with Crippen LogP contribution in [0, 0.1) is 22.0 Å². The maximum absolute atomic E-state index is 12.1.